The second-order valence-corrected chi connectivity index (χ2v) is 10.3. The number of amides is 1. The van der Waals surface area contributed by atoms with Crippen LogP contribution in [-0.2, 0) is 9.59 Å². The van der Waals surface area contributed by atoms with E-state index in [1.807, 2.05) is 24.3 Å². The van der Waals surface area contributed by atoms with Crippen LogP contribution in [0.1, 0.15) is 57.7 Å². The predicted octanol–water partition coefficient (Wildman–Crippen LogP) is 5.04. The fraction of sp³-hybridized carbons (Fsp3) is 0.484. The highest BCUT2D eigenvalue weighted by molar-refractivity contribution is 6.46. The molecule has 4 rings (SSSR count). The molecule has 2 aliphatic rings. The van der Waals surface area contributed by atoms with Crippen molar-refractivity contribution in [3.05, 3.63) is 59.2 Å². The molecule has 2 aliphatic heterocycles. The third kappa shape index (κ3) is 6.56. The highest BCUT2D eigenvalue weighted by Crippen LogP contribution is 2.41. The molecule has 1 atom stereocenters. The van der Waals surface area contributed by atoms with E-state index < -0.39 is 17.7 Å². The van der Waals surface area contributed by atoms with Crippen molar-refractivity contribution in [3.8, 4) is 17.2 Å². The molecule has 8 nitrogen and oxygen atoms in total. The number of ether oxygens (including phenoxy) is 3. The molecule has 39 heavy (non-hydrogen) atoms. The highest BCUT2D eigenvalue weighted by Gasteiger charge is 2.46. The van der Waals surface area contributed by atoms with Gasteiger partial charge in [-0.05, 0) is 74.3 Å². The van der Waals surface area contributed by atoms with Gasteiger partial charge in [0, 0.05) is 12.1 Å². The summed E-state index contributed by atoms with van der Waals surface area (Å²) in [5.41, 5.74) is 1.19. The van der Waals surface area contributed by atoms with Crippen LogP contribution in [0.25, 0.3) is 5.76 Å². The summed E-state index contributed by atoms with van der Waals surface area (Å²) in [5.74, 6) is 0.727. The van der Waals surface area contributed by atoms with Gasteiger partial charge in [0.05, 0.1) is 18.2 Å². The van der Waals surface area contributed by atoms with Gasteiger partial charge < -0.3 is 29.1 Å². The Kier molecular flexibility index (Phi) is 9.51. The maximum Gasteiger partial charge on any atom is 0.295 e. The number of rotatable bonds is 12. The van der Waals surface area contributed by atoms with Crippen molar-refractivity contribution in [3.63, 3.8) is 0 Å². The minimum atomic E-state index is -0.733. The monoisotopic (exact) mass is 536 g/mol. The zero-order valence-electron chi connectivity index (χ0n) is 23.4. The van der Waals surface area contributed by atoms with Gasteiger partial charge in [0.25, 0.3) is 11.7 Å². The number of hydrogen-bond acceptors (Lipinski definition) is 7. The molecule has 0 aliphatic carbocycles. The summed E-state index contributed by atoms with van der Waals surface area (Å²) in [5, 5.41) is 11.5. The standard InChI is InChI=1S/C31H40N2O6/c1-5-32(6-2)14-8-15-33-28(22-9-7-10-24(19-22)37-16-13-21(3)4)27(30(35)31(33)36)29(34)23-11-12-25-26(20-23)39-18-17-38-25/h7,9-12,19-21,28,34H,5-6,8,13-18H2,1-4H3. The molecule has 0 aromatic heterocycles. The molecule has 1 amide bonds. The Morgan fingerprint density at radius 2 is 1.82 bits per heavy atom. The summed E-state index contributed by atoms with van der Waals surface area (Å²) in [6, 6.07) is 11.8. The summed E-state index contributed by atoms with van der Waals surface area (Å²) in [4.78, 5) is 30.7. The van der Waals surface area contributed by atoms with Crippen molar-refractivity contribution in [2.75, 3.05) is 46.0 Å². The number of likely N-dealkylation sites (tertiary alicyclic amines) is 1. The molecular formula is C31H40N2O6. The zero-order chi connectivity index (χ0) is 27.9. The molecule has 2 aromatic carbocycles. The normalized spacial score (nSPS) is 18.3. The van der Waals surface area contributed by atoms with Crippen molar-refractivity contribution < 1.29 is 28.9 Å². The van der Waals surface area contributed by atoms with Crippen molar-refractivity contribution in [1.29, 1.82) is 0 Å². The van der Waals surface area contributed by atoms with Crippen LogP contribution >= 0.6 is 0 Å². The maximum atomic E-state index is 13.4. The van der Waals surface area contributed by atoms with Crippen LogP contribution < -0.4 is 14.2 Å². The van der Waals surface area contributed by atoms with Crippen LogP contribution in [0.5, 0.6) is 17.2 Å². The lowest BCUT2D eigenvalue weighted by Crippen LogP contribution is -2.33. The minimum Gasteiger partial charge on any atom is -0.507 e. The quantitative estimate of drug-likeness (QED) is 0.231. The summed E-state index contributed by atoms with van der Waals surface area (Å²) in [6.07, 6.45) is 1.62. The fourth-order valence-corrected chi connectivity index (χ4v) is 4.99. The molecule has 0 saturated carbocycles. The largest absolute Gasteiger partial charge is 0.507 e. The van der Waals surface area contributed by atoms with Crippen LogP contribution in [0.2, 0.25) is 0 Å². The van der Waals surface area contributed by atoms with E-state index in [9.17, 15) is 14.7 Å². The molecular weight excluding hydrogens is 496 g/mol. The van der Waals surface area contributed by atoms with Crippen molar-refractivity contribution in [2.24, 2.45) is 5.92 Å². The van der Waals surface area contributed by atoms with E-state index >= 15 is 0 Å². The molecule has 2 aromatic rings. The highest BCUT2D eigenvalue weighted by atomic mass is 16.6. The number of aliphatic hydroxyl groups excluding tert-OH is 1. The van der Waals surface area contributed by atoms with E-state index in [1.165, 1.54) is 0 Å². The van der Waals surface area contributed by atoms with Gasteiger partial charge in [-0.2, -0.15) is 0 Å². The van der Waals surface area contributed by atoms with E-state index in [4.69, 9.17) is 14.2 Å². The fourth-order valence-electron chi connectivity index (χ4n) is 4.99. The number of fused-ring (bicyclic) bond motifs is 1. The molecule has 1 unspecified atom stereocenters. The third-order valence-corrected chi connectivity index (χ3v) is 7.26. The van der Waals surface area contributed by atoms with Gasteiger partial charge >= 0.3 is 0 Å². The number of nitrogens with zero attached hydrogens (tertiary/aromatic N) is 2. The lowest BCUT2D eigenvalue weighted by Gasteiger charge is -2.27. The average Bonchev–Trinajstić information content (AvgIpc) is 3.19. The molecule has 1 saturated heterocycles. The van der Waals surface area contributed by atoms with E-state index in [0.29, 0.717) is 61.5 Å². The van der Waals surface area contributed by atoms with E-state index in [0.717, 1.165) is 31.6 Å². The first-order chi connectivity index (χ1) is 18.8. The second-order valence-electron chi connectivity index (χ2n) is 10.3. The van der Waals surface area contributed by atoms with Gasteiger partial charge in [0.1, 0.15) is 24.7 Å². The molecule has 2 heterocycles. The number of benzene rings is 2. The Labute approximate surface area is 231 Å². The Balaban J connectivity index is 1.71. The third-order valence-electron chi connectivity index (χ3n) is 7.26. The lowest BCUT2D eigenvalue weighted by atomic mass is 9.95. The average molecular weight is 537 g/mol. The number of aliphatic hydroxyl groups is 1. The Morgan fingerprint density at radius 3 is 2.54 bits per heavy atom. The predicted molar refractivity (Wildman–Crippen MR) is 150 cm³/mol. The van der Waals surface area contributed by atoms with Crippen LogP contribution in [0, 0.1) is 5.92 Å². The van der Waals surface area contributed by atoms with Crippen LogP contribution in [0.4, 0.5) is 0 Å². The molecule has 1 N–H and O–H groups in total. The SMILES string of the molecule is CCN(CC)CCCN1C(=O)C(=O)C(=C(O)c2ccc3c(c2)OCCO3)C1c1cccc(OCCC(C)C)c1. The first-order valence-corrected chi connectivity index (χ1v) is 14.0. The van der Waals surface area contributed by atoms with Gasteiger partial charge in [-0.15, -0.1) is 0 Å². The number of carbonyl (C=O) groups is 2. The number of Topliss-reactive ketones (excluding diaryl/α,β-unsaturated/α-hetero) is 1. The van der Waals surface area contributed by atoms with Crippen molar-refractivity contribution in [2.45, 2.75) is 46.6 Å². The van der Waals surface area contributed by atoms with Crippen LogP contribution in [-0.4, -0.2) is 72.6 Å². The maximum absolute atomic E-state index is 13.4. The molecule has 0 radical (unpaired) electrons. The molecule has 8 heteroatoms. The Morgan fingerprint density at radius 1 is 1.08 bits per heavy atom. The first-order valence-electron chi connectivity index (χ1n) is 14.0. The zero-order valence-corrected chi connectivity index (χ0v) is 23.4. The Bertz CT molecular complexity index is 1200. The van der Waals surface area contributed by atoms with Gasteiger partial charge in [0.2, 0.25) is 0 Å². The van der Waals surface area contributed by atoms with E-state index in [-0.39, 0.29) is 11.3 Å². The Hall–Kier alpha value is -3.52. The van der Waals surface area contributed by atoms with E-state index in [1.54, 1.807) is 23.1 Å². The van der Waals surface area contributed by atoms with Gasteiger partial charge in [0.15, 0.2) is 11.5 Å². The molecule has 0 spiro atoms. The van der Waals surface area contributed by atoms with Crippen LogP contribution in [0.15, 0.2) is 48.0 Å². The van der Waals surface area contributed by atoms with E-state index in [2.05, 4.69) is 32.6 Å². The van der Waals surface area contributed by atoms with Gasteiger partial charge in [-0.3, -0.25) is 9.59 Å². The van der Waals surface area contributed by atoms with Gasteiger partial charge in [-0.1, -0.05) is 39.8 Å². The summed E-state index contributed by atoms with van der Waals surface area (Å²) < 4.78 is 17.3. The first kappa shape index (κ1) is 28.5. The summed E-state index contributed by atoms with van der Waals surface area (Å²) in [7, 11) is 0. The van der Waals surface area contributed by atoms with Gasteiger partial charge in [-0.25, -0.2) is 0 Å². The minimum absolute atomic E-state index is 0.0684. The summed E-state index contributed by atoms with van der Waals surface area (Å²) in [6.45, 7) is 12.9. The molecule has 210 valence electrons. The number of ketones is 1. The topological polar surface area (TPSA) is 88.5 Å². The number of carbonyl (C=O) groups excluding carboxylic acids is 2. The van der Waals surface area contributed by atoms with Crippen LogP contribution in [0.3, 0.4) is 0 Å². The second kappa shape index (κ2) is 13.0. The summed E-state index contributed by atoms with van der Waals surface area (Å²) >= 11 is 0. The smallest absolute Gasteiger partial charge is 0.295 e. The molecule has 1 fully saturated rings. The lowest BCUT2D eigenvalue weighted by molar-refractivity contribution is -0.140. The van der Waals surface area contributed by atoms with Crippen molar-refractivity contribution in [1.82, 2.24) is 9.80 Å². The number of hydrogen-bond donors (Lipinski definition) is 1. The van der Waals surface area contributed by atoms with Crippen molar-refractivity contribution >= 4 is 17.4 Å². The molecule has 0 bridgehead atoms.